The molecule has 15 heavy (non-hydrogen) atoms. The molecule has 0 fully saturated rings. The molecule has 5 heteroatoms. The summed E-state index contributed by atoms with van der Waals surface area (Å²) in [5.41, 5.74) is 0.0475. The first-order valence-electron chi connectivity index (χ1n) is 4.91. The van der Waals surface area contributed by atoms with Gasteiger partial charge in [-0.1, -0.05) is 13.8 Å². The van der Waals surface area contributed by atoms with Crippen LogP contribution in [0.4, 0.5) is 0 Å². The van der Waals surface area contributed by atoms with E-state index in [1.165, 1.54) is 0 Å². The zero-order chi connectivity index (χ0) is 11.4. The predicted molar refractivity (Wildman–Crippen MR) is 56.2 cm³/mol. The minimum atomic E-state index is -0.275. The number of rotatable bonds is 4. The van der Waals surface area contributed by atoms with Gasteiger partial charge in [-0.05, 0) is 6.42 Å². The molecule has 0 aliphatic carbocycles. The van der Waals surface area contributed by atoms with Crippen molar-refractivity contribution in [1.82, 2.24) is 9.97 Å². The highest BCUT2D eigenvalue weighted by Gasteiger charge is 2.13. The summed E-state index contributed by atoms with van der Waals surface area (Å²) in [7, 11) is 1.58. The lowest BCUT2D eigenvalue weighted by Gasteiger charge is -2.10. The Balaban J connectivity index is 3.08. The maximum atomic E-state index is 11.5. The van der Waals surface area contributed by atoms with Crippen LogP contribution < -0.4 is 5.56 Å². The molecule has 0 aliphatic rings. The summed E-state index contributed by atoms with van der Waals surface area (Å²) >= 11 is 0. The Kier molecular flexibility index (Phi) is 3.85. The van der Waals surface area contributed by atoms with Gasteiger partial charge in [0.15, 0.2) is 0 Å². The Hall–Kier alpha value is -1.36. The summed E-state index contributed by atoms with van der Waals surface area (Å²) < 4.78 is 4.95. The lowest BCUT2D eigenvalue weighted by atomic mass is 10.1. The zero-order valence-corrected chi connectivity index (χ0v) is 9.20. The van der Waals surface area contributed by atoms with Gasteiger partial charge in [-0.15, -0.1) is 0 Å². The van der Waals surface area contributed by atoms with E-state index >= 15 is 0 Å². The fraction of sp³-hybridized carbons (Fsp3) is 0.600. The average molecular weight is 212 g/mol. The van der Waals surface area contributed by atoms with Gasteiger partial charge in [0.25, 0.3) is 5.56 Å². The number of nitrogens with one attached hydrogen (secondary N) is 1. The first kappa shape index (κ1) is 11.7. The number of aromatic hydroxyl groups is 1. The van der Waals surface area contributed by atoms with Gasteiger partial charge in [-0.3, -0.25) is 4.79 Å². The molecule has 5 nitrogen and oxygen atoms in total. The molecule has 0 saturated heterocycles. The molecule has 0 saturated carbocycles. The van der Waals surface area contributed by atoms with E-state index in [0.29, 0.717) is 24.4 Å². The van der Waals surface area contributed by atoms with Crippen LogP contribution in [0.15, 0.2) is 4.79 Å². The summed E-state index contributed by atoms with van der Waals surface area (Å²) in [6.45, 7) is 4.12. The van der Waals surface area contributed by atoms with E-state index in [0.717, 1.165) is 0 Å². The molecule has 1 aromatic heterocycles. The number of methoxy groups -OCH3 is 1. The van der Waals surface area contributed by atoms with Crippen molar-refractivity contribution in [2.75, 3.05) is 13.7 Å². The molecule has 0 aromatic carbocycles. The number of aromatic amines is 1. The summed E-state index contributed by atoms with van der Waals surface area (Å²) in [5.74, 6) is 0.232. The van der Waals surface area contributed by atoms with Gasteiger partial charge in [0, 0.05) is 13.0 Å². The Morgan fingerprint density at radius 1 is 1.60 bits per heavy atom. The molecule has 84 valence electrons. The van der Waals surface area contributed by atoms with Crippen molar-refractivity contribution in [2.45, 2.75) is 26.2 Å². The highest BCUT2D eigenvalue weighted by atomic mass is 16.5. The van der Waals surface area contributed by atoms with E-state index in [1.54, 1.807) is 14.0 Å². The number of ether oxygens (including phenoxy) is 1. The highest BCUT2D eigenvalue weighted by Crippen LogP contribution is 2.14. The molecule has 0 spiro atoms. The number of nitrogens with zero attached hydrogens (tertiary/aromatic N) is 1. The third-order valence-electron chi connectivity index (χ3n) is 2.25. The SMILES string of the molecule is CCc1c(O)nc(C(C)COC)[nH]c1=O. The minimum Gasteiger partial charge on any atom is -0.493 e. The van der Waals surface area contributed by atoms with Crippen LogP contribution in [-0.2, 0) is 11.2 Å². The Bertz CT molecular complexity index is 387. The summed E-state index contributed by atoms with van der Waals surface area (Å²) in [4.78, 5) is 18.1. The molecular weight excluding hydrogens is 196 g/mol. The van der Waals surface area contributed by atoms with Crippen LogP contribution in [0.2, 0.25) is 0 Å². The van der Waals surface area contributed by atoms with Crippen molar-refractivity contribution in [1.29, 1.82) is 0 Å². The third kappa shape index (κ3) is 2.56. The van der Waals surface area contributed by atoms with E-state index in [9.17, 15) is 9.90 Å². The standard InChI is InChI=1S/C10H16N2O3/c1-4-7-9(13)11-8(12-10(7)14)6(2)5-15-3/h6H,4-5H2,1-3H3,(H2,11,12,13,14). The van der Waals surface area contributed by atoms with Crippen molar-refractivity contribution in [3.8, 4) is 5.88 Å². The van der Waals surface area contributed by atoms with Crippen LogP contribution >= 0.6 is 0 Å². The van der Waals surface area contributed by atoms with Gasteiger partial charge in [-0.25, -0.2) is 0 Å². The summed E-state index contributed by atoms with van der Waals surface area (Å²) in [5, 5.41) is 9.52. The van der Waals surface area contributed by atoms with Crippen LogP contribution in [0, 0.1) is 0 Å². The fourth-order valence-corrected chi connectivity index (χ4v) is 1.38. The van der Waals surface area contributed by atoms with Crippen LogP contribution in [0.3, 0.4) is 0 Å². The number of hydrogen-bond donors (Lipinski definition) is 2. The van der Waals surface area contributed by atoms with Crippen LogP contribution in [0.1, 0.15) is 31.2 Å². The molecule has 1 rings (SSSR count). The maximum Gasteiger partial charge on any atom is 0.257 e. The molecule has 0 aliphatic heterocycles. The first-order chi connectivity index (χ1) is 7.10. The van der Waals surface area contributed by atoms with Gasteiger partial charge in [0.2, 0.25) is 5.88 Å². The highest BCUT2D eigenvalue weighted by molar-refractivity contribution is 5.22. The van der Waals surface area contributed by atoms with E-state index < -0.39 is 0 Å². The van der Waals surface area contributed by atoms with Crippen molar-refractivity contribution >= 4 is 0 Å². The lowest BCUT2D eigenvalue weighted by Crippen LogP contribution is -2.19. The second-order valence-corrected chi connectivity index (χ2v) is 3.46. The van der Waals surface area contributed by atoms with E-state index in [2.05, 4.69) is 9.97 Å². The zero-order valence-electron chi connectivity index (χ0n) is 9.20. The Morgan fingerprint density at radius 2 is 2.27 bits per heavy atom. The number of aromatic nitrogens is 2. The predicted octanol–water partition coefficient (Wildman–Crippen LogP) is 0.788. The Morgan fingerprint density at radius 3 is 2.73 bits per heavy atom. The minimum absolute atomic E-state index is 0.0421. The molecule has 0 amide bonds. The molecule has 1 atom stereocenters. The fourth-order valence-electron chi connectivity index (χ4n) is 1.38. The van der Waals surface area contributed by atoms with Crippen molar-refractivity contribution in [3.63, 3.8) is 0 Å². The molecule has 0 radical (unpaired) electrons. The van der Waals surface area contributed by atoms with Gasteiger partial charge >= 0.3 is 0 Å². The molecule has 0 bridgehead atoms. The van der Waals surface area contributed by atoms with Crippen LogP contribution in [-0.4, -0.2) is 28.8 Å². The first-order valence-corrected chi connectivity index (χ1v) is 4.91. The maximum absolute atomic E-state index is 11.5. The van der Waals surface area contributed by atoms with E-state index in [1.807, 2.05) is 6.92 Å². The molecule has 1 unspecified atom stereocenters. The van der Waals surface area contributed by atoms with E-state index in [-0.39, 0.29) is 17.4 Å². The van der Waals surface area contributed by atoms with Gasteiger partial charge in [-0.2, -0.15) is 4.98 Å². The number of H-pyrrole nitrogens is 1. The van der Waals surface area contributed by atoms with E-state index in [4.69, 9.17) is 4.74 Å². The normalized spacial score (nSPS) is 12.7. The van der Waals surface area contributed by atoms with Crippen molar-refractivity contribution in [3.05, 3.63) is 21.7 Å². The third-order valence-corrected chi connectivity index (χ3v) is 2.25. The average Bonchev–Trinajstić information content (AvgIpc) is 2.17. The number of hydrogen-bond acceptors (Lipinski definition) is 4. The Labute approximate surface area is 88.1 Å². The van der Waals surface area contributed by atoms with Crippen LogP contribution in [0.5, 0.6) is 5.88 Å². The van der Waals surface area contributed by atoms with Gasteiger partial charge in [0.1, 0.15) is 5.82 Å². The largest absolute Gasteiger partial charge is 0.493 e. The van der Waals surface area contributed by atoms with Crippen molar-refractivity contribution < 1.29 is 9.84 Å². The topological polar surface area (TPSA) is 75.2 Å². The lowest BCUT2D eigenvalue weighted by molar-refractivity contribution is 0.181. The smallest absolute Gasteiger partial charge is 0.257 e. The molecular formula is C10H16N2O3. The second kappa shape index (κ2) is 4.93. The molecule has 2 N–H and O–H groups in total. The quantitative estimate of drug-likeness (QED) is 0.773. The van der Waals surface area contributed by atoms with Gasteiger partial charge in [0.05, 0.1) is 12.2 Å². The molecule has 1 aromatic rings. The van der Waals surface area contributed by atoms with Gasteiger partial charge < -0.3 is 14.8 Å². The van der Waals surface area contributed by atoms with Crippen molar-refractivity contribution in [2.24, 2.45) is 0 Å². The summed E-state index contributed by atoms with van der Waals surface area (Å²) in [6, 6.07) is 0. The van der Waals surface area contributed by atoms with Crippen LogP contribution in [0.25, 0.3) is 0 Å². The second-order valence-electron chi connectivity index (χ2n) is 3.46. The monoisotopic (exact) mass is 212 g/mol. The molecule has 1 heterocycles. The summed E-state index contributed by atoms with van der Waals surface area (Å²) in [6.07, 6.45) is 0.465.